The number of pyridine rings is 1. The highest BCUT2D eigenvalue weighted by Gasteiger charge is 2.41. The van der Waals surface area contributed by atoms with E-state index in [1.807, 2.05) is 19.1 Å². The number of nitrogens with one attached hydrogen (secondary N) is 2. The minimum absolute atomic E-state index is 0.201. The number of nitrogens with zero attached hydrogens (tertiary/aromatic N) is 1. The first-order valence-corrected chi connectivity index (χ1v) is 6.16. The van der Waals surface area contributed by atoms with Gasteiger partial charge in [-0.2, -0.15) is 0 Å². The smallest absolute Gasteiger partial charge is 0.327 e. The van der Waals surface area contributed by atoms with Crippen molar-refractivity contribution in [2.45, 2.75) is 25.3 Å². The largest absolute Gasteiger partial charge is 0.468 e. The molecule has 1 aromatic heterocycles. The van der Waals surface area contributed by atoms with Crippen molar-refractivity contribution in [1.82, 2.24) is 10.3 Å². The standard InChI is InChI=1S/C13H19N3O2/c1-10-4-5-11(8-14-10)15-9-13(12(17)18-2)6-3-7-16-13/h4-5,8,15-16H,3,6-7,9H2,1-2H3/t13-/m0/s1. The lowest BCUT2D eigenvalue weighted by molar-refractivity contribution is -0.147. The first-order valence-electron chi connectivity index (χ1n) is 6.16. The summed E-state index contributed by atoms with van der Waals surface area (Å²) < 4.78 is 4.89. The van der Waals surface area contributed by atoms with E-state index in [1.54, 1.807) is 6.20 Å². The molecule has 2 rings (SSSR count). The average Bonchev–Trinajstić information content (AvgIpc) is 2.87. The van der Waals surface area contributed by atoms with Gasteiger partial charge in [0.2, 0.25) is 0 Å². The topological polar surface area (TPSA) is 63.2 Å². The van der Waals surface area contributed by atoms with Crippen LogP contribution in [0.5, 0.6) is 0 Å². The number of methoxy groups -OCH3 is 1. The van der Waals surface area contributed by atoms with E-state index in [4.69, 9.17) is 4.74 Å². The minimum atomic E-state index is -0.598. The Kier molecular flexibility index (Phi) is 3.81. The zero-order chi connectivity index (χ0) is 13.0. The number of ether oxygens (including phenoxy) is 1. The first kappa shape index (κ1) is 12.8. The highest BCUT2D eigenvalue weighted by molar-refractivity contribution is 5.82. The summed E-state index contributed by atoms with van der Waals surface area (Å²) in [5.41, 5.74) is 1.29. The average molecular weight is 249 g/mol. The second-order valence-corrected chi connectivity index (χ2v) is 4.65. The van der Waals surface area contributed by atoms with Crippen molar-refractivity contribution in [3.8, 4) is 0 Å². The second-order valence-electron chi connectivity index (χ2n) is 4.65. The Morgan fingerprint density at radius 3 is 3.00 bits per heavy atom. The van der Waals surface area contributed by atoms with Crippen LogP contribution in [0.2, 0.25) is 0 Å². The Morgan fingerprint density at radius 2 is 2.44 bits per heavy atom. The van der Waals surface area contributed by atoms with Crippen LogP contribution in [0.4, 0.5) is 5.69 Å². The summed E-state index contributed by atoms with van der Waals surface area (Å²) in [6.07, 6.45) is 3.56. The Balaban J connectivity index is 2.02. The van der Waals surface area contributed by atoms with Crippen molar-refractivity contribution in [1.29, 1.82) is 0 Å². The van der Waals surface area contributed by atoms with Crippen LogP contribution in [0.1, 0.15) is 18.5 Å². The lowest BCUT2D eigenvalue weighted by atomic mass is 9.97. The van der Waals surface area contributed by atoms with E-state index >= 15 is 0 Å². The Bertz CT molecular complexity index is 411. The maximum Gasteiger partial charge on any atom is 0.327 e. The van der Waals surface area contributed by atoms with Gasteiger partial charge in [0.25, 0.3) is 0 Å². The summed E-state index contributed by atoms with van der Waals surface area (Å²) >= 11 is 0. The van der Waals surface area contributed by atoms with Crippen molar-refractivity contribution in [3.05, 3.63) is 24.0 Å². The van der Waals surface area contributed by atoms with Gasteiger partial charge in [0.05, 0.1) is 19.0 Å². The van der Waals surface area contributed by atoms with Crippen LogP contribution < -0.4 is 10.6 Å². The van der Waals surface area contributed by atoms with Crippen molar-refractivity contribution in [2.24, 2.45) is 0 Å². The van der Waals surface area contributed by atoms with Gasteiger partial charge in [0, 0.05) is 12.2 Å². The molecule has 1 aliphatic rings. The lowest BCUT2D eigenvalue weighted by Crippen LogP contribution is -2.53. The van der Waals surface area contributed by atoms with Crippen LogP contribution in [-0.4, -0.2) is 36.7 Å². The fourth-order valence-corrected chi connectivity index (χ4v) is 2.22. The van der Waals surface area contributed by atoms with Gasteiger partial charge in [-0.3, -0.25) is 4.98 Å². The molecule has 18 heavy (non-hydrogen) atoms. The van der Waals surface area contributed by atoms with E-state index < -0.39 is 5.54 Å². The maximum absolute atomic E-state index is 11.9. The summed E-state index contributed by atoms with van der Waals surface area (Å²) in [5.74, 6) is -0.201. The van der Waals surface area contributed by atoms with E-state index in [9.17, 15) is 4.79 Å². The fraction of sp³-hybridized carbons (Fsp3) is 0.538. The van der Waals surface area contributed by atoms with E-state index in [-0.39, 0.29) is 5.97 Å². The summed E-state index contributed by atoms with van der Waals surface area (Å²) in [7, 11) is 1.43. The highest BCUT2D eigenvalue weighted by atomic mass is 16.5. The van der Waals surface area contributed by atoms with Gasteiger partial charge in [-0.25, -0.2) is 4.79 Å². The summed E-state index contributed by atoms with van der Waals surface area (Å²) in [5, 5.41) is 6.49. The maximum atomic E-state index is 11.9. The van der Waals surface area contributed by atoms with Gasteiger partial charge in [0.1, 0.15) is 5.54 Å². The van der Waals surface area contributed by atoms with Gasteiger partial charge >= 0.3 is 5.97 Å². The quantitative estimate of drug-likeness (QED) is 0.782. The molecule has 1 aliphatic heterocycles. The summed E-state index contributed by atoms with van der Waals surface area (Å²) in [4.78, 5) is 16.1. The molecule has 2 heterocycles. The third-order valence-electron chi connectivity index (χ3n) is 3.33. The Hall–Kier alpha value is -1.62. The molecule has 0 radical (unpaired) electrons. The molecule has 0 saturated carbocycles. The van der Waals surface area contributed by atoms with Crippen LogP contribution >= 0.6 is 0 Å². The van der Waals surface area contributed by atoms with Crippen molar-refractivity contribution in [3.63, 3.8) is 0 Å². The third-order valence-corrected chi connectivity index (χ3v) is 3.33. The zero-order valence-electron chi connectivity index (χ0n) is 10.8. The minimum Gasteiger partial charge on any atom is -0.468 e. The molecule has 2 N–H and O–H groups in total. The van der Waals surface area contributed by atoms with Crippen molar-refractivity contribution < 1.29 is 9.53 Å². The van der Waals surface area contributed by atoms with Crippen LogP contribution in [0.25, 0.3) is 0 Å². The molecule has 0 aliphatic carbocycles. The molecular weight excluding hydrogens is 230 g/mol. The molecule has 5 nitrogen and oxygen atoms in total. The third kappa shape index (κ3) is 2.61. The van der Waals surface area contributed by atoms with E-state index in [2.05, 4.69) is 15.6 Å². The second kappa shape index (κ2) is 5.35. The van der Waals surface area contributed by atoms with Crippen LogP contribution in [-0.2, 0) is 9.53 Å². The number of aromatic nitrogens is 1. The highest BCUT2D eigenvalue weighted by Crippen LogP contribution is 2.21. The molecule has 0 bridgehead atoms. The predicted octanol–water partition coefficient (Wildman–Crippen LogP) is 1.10. The van der Waals surface area contributed by atoms with E-state index in [1.165, 1.54) is 7.11 Å². The molecular formula is C13H19N3O2. The Morgan fingerprint density at radius 1 is 1.61 bits per heavy atom. The Labute approximate surface area is 107 Å². The SMILES string of the molecule is COC(=O)[C@@]1(CNc2ccc(C)nc2)CCCN1. The summed E-state index contributed by atoms with van der Waals surface area (Å²) in [6.45, 7) is 3.31. The number of esters is 1. The summed E-state index contributed by atoms with van der Waals surface area (Å²) in [6, 6.07) is 3.90. The number of carbonyl (C=O) groups is 1. The molecule has 1 fully saturated rings. The number of aryl methyl sites for hydroxylation is 1. The molecule has 98 valence electrons. The van der Waals surface area contributed by atoms with Gasteiger partial charge in [-0.05, 0) is 38.4 Å². The van der Waals surface area contributed by atoms with Crippen LogP contribution in [0.3, 0.4) is 0 Å². The monoisotopic (exact) mass is 249 g/mol. The molecule has 0 spiro atoms. The van der Waals surface area contributed by atoms with Gasteiger partial charge in [-0.1, -0.05) is 0 Å². The molecule has 0 unspecified atom stereocenters. The molecule has 5 heteroatoms. The van der Waals surface area contributed by atoms with Gasteiger partial charge < -0.3 is 15.4 Å². The molecule has 1 atom stereocenters. The number of anilines is 1. The predicted molar refractivity (Wildman–Crippen MR) is 69.4 cm³/mol. The van der Waals surface area contributed by atoms with E-state index in [0.29, 0.717) is 6.54 Å². The van der Waals surface area contributed by atoms with Crippen LogP contribution in [0, 0.1) is 6.92 Å². The normalized spacial score (nSPS) is 22.8. The van der Waals surface area contributed by atoms with Crippen molar-refractivity contribution >= 4 is 11.7 Å². The molecule has 0 amide bonds. The molecule has 1 saturated heterocycles. The number of hydrogen-bond donors (Lipinski definition) is 2. The number of carbonyl (C=O) groups excluding carboxylic acids is 1. The molecule has 0 aromatic carbocycles. The van der Waals surface area contributed by atoms with Gasteiger partial charge in [0.15, 0.2) is 0 Å². The molecule has 1 aromatic rings. The van der Waals surface area contributed by atoms with E-state index in [0.717, 1.165) is 30.8 Å². The van der Waals surface area contributed by atoms with Crippen LogP contribution in [0.15, 0.2) is 18.3 Å². The number of rotatable bonds is 4. The first-order chi connectivity index (χ1) is 8.66. The van der Waals surface area contributed by atoms with Gasteiger partial charge in [-0.15, -0.1) is 0 Å². The fourth-order valence-electron chi connectivity index (χ4n) is 2.22. The zero-order valence-corrected chi connectivity index (χ0v) is 10.8. The lowest BCUT2D eigenvalue weighted by Gasteiger charge is -2.27. The van der Waals surface area contributed by atoms with Crippen molar-refractivity contribution in [2.75, 3.05) is 25.5 Å². The number of hydrogen-bond acceptors (Lipinski definition) is 5.